The van der Waals surface area contributed by atoms with Crippen LogP contribution in [0.25, 0.3) is 0 Å². The molecule has 1 rings (SSSR count). The van der Waals surface area contributed by atoms with Crippen molar-refractivity contribution in [3.63, 3.8) is 0 Å². The van der Waals surface area contributed by atoms with Crippen molar-refractivity contribution in [1.29, 1.82) is 0 Å². The molecule has 0 saturated heterocycles. The molecule has 0 aliphatic carbocycles. The Morgan fingerprint density at radius 1 is 1.35 bits per heavy atom. The monoisotopic (exact) mass is 255 g/mol. The number of rotatable bonds is 5. The molecule has 2 unspecified atom stereocenters. The summed E-state index contributed by atoms with van der Waals surface area (Å²) in [6, 6.07) is 9.25. The van der Waals surface area contributed by atoms with E-state index in [0.717, 1.165) is 5.56 Å². The van der Waals surface area contributed by atoms with Gasteiger partial charge in [-0.2, -0.15) is 0 Å². The lowest BCUT2D eigenvalue weighted by molar-refractivity contribution is -0.133. The van der Waals surface area contributed by atoms with Crippen molar-refractivity contribution in [2.75, 3.05) is 0 Å². The Labute approximate surface area is 102 Å². The van der Waals surface area contributed by atoms with Crippen LogP contribution in [0.5, 0.6) is 0 Å². The van der Waals surface area contributed by atoms with Crippen LogP contribution in [0.4, 0.5) is 0 Å². The van der Waals surface area contributed by atoms with Crippen LogP contribution in [0, 0.1) is 0 Å². The highest BCUT2D eigenvalue weighted by Gasteiger charge is 2.40. The van der Waals surface area contributed by atoms with Gasteiger partial charge in [-0.05, 0) is 19.4 Å². The predicted octanol–water partition coefficient (Wildman–Crippen LogP) is 2.80. The maximum atomic E-state index is 12.1. The first-order valence-corrected chi connectivity index (χ1v) is 6.42. The fraction of sp³-hybridized carbons (Fsp3) is 0.417. The van der Waals surface area contributed by atoms with Gasteiger partial charge in [-0.15, -0.1) is 9.42 Å². The maximum absolute atomic E-state index is 12.1. The number of benzene rings is 1. The van der Waals surface area contributed by atoms with Gasteiger partial charge in [0.15, 0.2) is 11.4 Å². The first-order chi connectivity index (χ1) is 7.84. The smallest absolute Gasteiger partial charge is 0.296 e. The Kier molecular flexibility index (Phi) is 4.52. The first-order valence-electron chi connectivity index (χ1n) is 5.29. The largest absolute Gasteiger partial charge is 0.695 e. The average Bonchev–Trinajstić information content (AvgIpc) is 2.26. The number of Topliss-reactive ketones (excluding diaryl/α,β-unsaturated/α-hetero) is 1. The highest BCUT2D eigenvalue weighted by atomic mass is 31.1. The third-order valence-electron chi connectivity index (χ3n) is 2.59. The SMILES string of the molecule is CC(C(=O)C(C)(C)O[P+](=O)O)c1ccccc1. The van der Waals surface area contributed by atoms with Crippen molar-refractivity contribution < 1.29 is 18.8 Å². The summed E-state index contributed by atoms with van der Waals surface area (Å²) in [5, 5.41) is 0. The average molecular weight is 255 g/mol. The molecule has 1 aromatic carbocycles. The molecule has 0 aliphatic rings. The molecule has 0 aliphatic heterocycles. The summed E-state index contributed by atoms with van der Waals surface area (Å²) in [6.45, 7) is 4.75. The predicted molar refractivity (Wildman–Crippen MR) is 64.9 cm³/mol. The standard InChI is InChI=1S/C12H15O4P/c1-9(10-7-5-4-6-8-10)11(13)12(2,3)16-17(14)15/h4-9H,1-3H3/p+1. The molecule has 0 aromatic heterocycles. The normalized spacial score (nSPS) is 14.2. The third kappa shape index (κ3) is 3.70. The molecule has 0 fully saturated rings. The number of ketones is 1. The molecule has 4 nitrogen and oxygen atoms in total. The lowest BCUT2D eigenvalue weighted by Gasteiger charge is -2.20. The van der Waals surface area contributed by atoms with Gasteiger partial charge in [0.25, 0.3) is 0 Å². The van der Waals surface area contributed by atoms with E-state index in [9.17, 15) is 9.36 Å². The van der Waals surface area contributed by atoms with Gasteiger partial charge in [-0.3, -0.25) is 4.79 Å². The van der Waals surface area contributed by atoms with Crippen LogP contribution in [0.1, 0.15) is 32.3 Å². The lowest BCUT2D eigenvalue weighted by atomic mass is 9.88. The molecule has 1 aromatic rings. The summed E-state index contributed by atoms with van der Waals surface area (Å²) in [5.41, 5.74) is -0.403. The van der Waals surface area contributed by atoms with Crippen LogP contribution >= 0.6 is 8.25 Å². The molecule has 0 saturated carbocycles. The molecule has 0 heterocycles. The maximum Gasteiger partial charge on any atom is 0.695 e. The van der Waals surface area contributed by atoms with Gasteiger partial charge in [0, 0.05) is 10.5 Å². The summed E-state index contributed by atoms with van der Waals surface area (Å²) in [4.78, 5) is 20.9. The summed E-state index contributed by atoms with van der Waals surface area (Å²) >= 11 is 0. The molecule has 0 bridgehead atoms. The Hall–Kier alpha value is -1.09. The fourth-order valence-electron chi connectivity index (χ4n) is 1.65. The fourth-order valence-corrected chi connectivity index (χ4v) is 2.14. The van der Waals surface area contributed by atoms with Crippen molar-refractivity contribution in [2.24, 2.45) is 0 Å². The topological polar surface area (TPSA) is 63.6 Å². The minimum Gasteiger partial charge on any atom is -0.296 e. The second kappa shape index (κ2) is 5.50. The van der Waals surface area contributed by atoms with Gasteiger partial charge < -0.3 is 0 Å². The Morgan fingerprint density at radius 2 is 1.88 bits per heavy atom. The van der Waals surface area contributed by atoms with E-state index in [0.29, 0.717) is 0 Å². The Balaban J connectivity index is 2.86. The molecule has 2 atom stereocenters. The van der Waals surface area contributed by atoms with E-state index >= 15 is 0 Å². The second-order valence-electron chi connectivity index (χ2n) is 4.34. The highest BCUT2D eigenvalue weighted by molar-refractivity contribution is 7.32. The first kappa shape index (κ1) is 14.0. The summed E-state index contributed by atoms with van der Waals surface area (Å²) in [5.74, 6) is -0.595. The van der Waals surface area contributed by atoms with E-state index < -0.39 is 13.9 Å². The molecule has 17 heavy (non-hydrogen) atoms. The molecule has 5 heteroatoms. The van der Waals surface area contributed by atoms with Crippen LogP contribution in [-0.4, -0.2) is 16.3 Å². The zero-order chi connectivity index (χ0) is 13.1. The third-order valence-corrected chi connectivity index (χ3v) is 3.21. The van der Waals surface area contributed by atoms with Crippen molar-refractivity contribution >= 4 is 14.0 Å². The van der Waals surface area contributed by atoms with Gasteiger partial charge in [-0.25, -0.2) is 0 Å². The number of carbonyl (C=O) groups excluding carboxylic acids is 1. The number of hydrogen-bond donors (Lipinski definition) is 1. The molecule has 0 spiro atoms. The molecule has 0 amide bonds. The van der Waals surface area contributed by atoms with Crippen LogP contribution in [0.15, 0.2) is 30.3 Å². The number of hydrogen-bond acceptors (Lipinski definition) is 3. The molecular weight excluding hydrogens is 239 g/mol. The molecule has 0 radical (unpaired) electrons. The quantitative estimate of drug-likeness (QED) is 0.822. The summed E-state index contributed by atoms with van der Waals surface area (Å²) in [6.07, 6.45) is 0. The van der Waals surface area contributed by atoms with Crippen molar-refractivity contribution in [3.8, 4) is 0 Å². The van der Waals surface area contributed by atoms with Gasteiger partial charge in [-0.1, -0.05) is 37.3 Å². The van der Waals surface area contributed by atoms with Crippen LogP contribution < -0.4 is 0 Å². The Morgan fingerprint density at radius 3 is 2.35 bits per heavy atom. The summed E-state index contributed by atoms with van der Waals surface area (Å²) in [7, 11) is -2.79. The van der Waals surface area contributed by atoms with Gasteiger partial charge >= 0.3 is 8.25 Å². The molecule has 92 valence electrons. The van der Waals surface area contributed by atoms with E-state index in [1.807, 2.05) is 30.3 Å². The molecule has 1 N–H and O–H groups in total. The van der Waals surface area contributed by atoms with Gasteiger partial charge in [0.05, 0.1) is 0 Å². The highest BCUT2D eigenvalue weighted by Crippen LogP contribution is 2.31. The van der Waals surface area contributed by atoms with E-state index in [-0.39, 0.29) is 11.7 Å². The van der Waals surface area contributed by atoms with Gasteiger partial charge in [0.2, 0.25) is 0 Å². The van der Waals surface area contributed by atoms with E-state index in [4.69, 9.17) is 9.42 Å². The minimum atomic E-state index is -2.79. The zero-order valence-corrected chi connectivity index (χ0v) is 11.0. The van der Waals surface area contributed by atoms with Crippen LogP contribution in [0.3, 0.4) is 0 Å². The minimum absolute atomic E-state index is 0.221. The van der Waals surface area contributed by atoms with Crippen LogP contribution in [0.2, 0.25) is 0 Å². The Bertz CT molecular complexity index is 414. The van der Waals surface area contributed by atoms with Crippen molar-refractivity contribution in [3.05, 3.63) is 35.9 Å². The van der Waals surface area contributed by atoms with E-state index in [1.54, 1.807) is 6.92 Å². The lowest BCUT2D eigenvalue weighted by Crippen LogP contribution is -2.36. The zero-order valence-electron chi connectivity index (χ0n) is 10.1. The van der Waals surface area contributed by atoms with Crippen LogP contribution in [-0.2, 0) is 13.9 Å². The van der Waals surface area contributed by atoms with Gasteiger partial charge in [0.1, 0.15) is 0 Å². The van der Waals surface area contributed by atoms with Crippen molar-refractivity contribution in [1.82, 2.24) is 0 Å². The van der Waals surface area contributed by atoms with Crippen molar-refractivity contribution in [2.45, 2.75) is 32.3 Å². The number of carbonyl (C=O) groups is 1. The summed E-state index contributed by atoms with van der Waals surface area (Å²) < 4.78 is 15.4. The molecular formula is C12H16O4P+. The van der Waals surface area contributed by atoms with E-state index in [2.05, 4.69) is 0 Å². The van der Waals surface area contributed by atoms with E-state index in [1.165, 1.54) is 13.8 Å². The second-order valence-corrected chi connectivity index (χ2v) is 4.99.